The summed E-state index contributed by atoms with van der Waals surface area (Å²) in [5.41, 5.74) is 7.49. The van der Waals surface area contributed by atoms with Crippen LogP contribution in [0.15, 0.2) is 5.38 Å². The molecule has 0 aromatic carbocycles. The number of hydrogen-bond donors (Lipinski definition) is 1. The lowest BCUT2D eigenvalue weighted by Gasteiger charge is -2.40. The molecule has 2 atom stereocenters. The maximum absolute atomic E-state index is 6.33. The van der Waals surface area contributed by atoms with Gasteiger partial charge in [0.1, 0.15) is 0 Å². The summed E-state index contributed by atoms with van der Waals surface area (Å²) in [5.74, 6) is 0. The second-order valence-electron chi connectivity index (χ2n) is 4.77. The summed E-state index contributed by atoms with van der Waals surface area (Å²) in [6, 6.07) is 0.119. The lowest BCUT2D eigenvalue weighted by molar-refractivity contribution is 0.131. The van der Waals surface area contributed by atoms with E-state index < -0.39 is 0 Å². The highest BCUT2D eigenvalue weighted by Crippen LogP contribution is 2.22. The van der Waals surface area contributed by atoms with Crippen LogP contribution in [0.3, 0.4) is 0 Å². The smallest absolute Gasteiger partial charge is 0.0897 e. The van der Waals surface area contributed by atoms with Gasteiger partial charge in [-0.15, -0.1) is 11.3 Å². The number of rotatable bonds is 5. The van der Waals surface area contributed by atoms with E-state index in [0.717, 1.165) is 23.5 Å². The Kier molecular flexibility index (Phi) is 4.47. The SMILES string of the molecule is CCC(C)(C(N)Cc1csc(C)n1)N(C)C. The largest absolute Gasteiger partial charge is 0.326 e. The van der Waals surface area contributed by atoms with Gasteiger partial charge in [-0.2, -0.15) is 0 Å². The predicted octanol–water partition coefficient (Wildman–Crippen LogP) is 2.05. The number of nitrogens with two attached hydrogens (primary N) is 1. The zero-order valence-electron chi connectivity index (χ0n) is 10.9. The van der Waals surface area contributed by atoms with Gasteiger partial charge in [0.05, 0.1) is 10.7 Å². The number of nitrogens with zero attached hydrogens (tertiary/aromatic N) is 2. The van der Waals surface area contributed by atoms with Crippen LogP contribution in [0.4, 0.5) is 0 Å². The Bertz CT molecular complexity index is 335. The summed E-state index contributed by atoms with van der Waals surface area (Å²) in [6.07, 6.45) is 1.90. The molecule has 2 unspecified atom stereocenters. The second kappa shape index (κ2) is 5.25. The van der Waals surface area contributed by atoms with E-state index in [9.17, 15) is 0 Å². The summed E-state index contributed by atoms with van der Waals surface area (Å²) in [6.45, 7) is 6.44. The van der Waals surface area contributed by atoms with Crippen molar-refractivity contribution in [2.24, 2.45) is 5.73 Å². The second-order valence-corrected chi connectivity index (χ2v) is 5.84. The van der Waals surface area contributed by atoms with Gasteiger partial charge in [0, 0.05) is 23.4 Å². The Morgan fingerprint density at radius 2 is 2.19 bits per heavy atom. The van der Waals surface area contributed by atoms with E-state index in [2.05, 4.69) is 43.2 Å². The van der Waals surface area contributed by atoms with E-state index >= 15 is 0 Å². The molecule has 0 radical (unpaired) electrons. The van der Waals surface area contributed by atoms with Gasteiger partial charge in [-0.1, -0.05) is 6.92 Å². The molecule has 0 fully saturated rings. The van der Waals surface area contributed by atoms with Gasteiger partial charge in [-0.3, -0.25) is 0 Å². The van der Waals surface area contributed by atoms with E-state index in [4.69, 9.17) is 5.73 Å². The monoisotopic (exact) mass is 241 g/mol. The number of hydrogen-bond acceptors (Lipinski definition) is 4. The molecule has 1 heterocycles. The van der Waals surface area contributed by atoms with Crippen molar-refractivity contribution in [3.05, 3.63) is 16.1 Å². The molecule has 2 N–H and O–H groups in total. The van der Waals surface area contributed by atoms with Crippen LogP contribution in [0.25, 0.3) is 0 Å². The van der Waals surface area contributed by atoms with Gasteiger partial charge in [0.25, 0.3) is 0 Å². The van der Waals surface area contributed by atoms with Crippen molar-refractivity contribution in [2.45, 2.75) is 45.2 Å². The Balaban J connectivity index is 2.73. The zero-order valence-corrected chi connectivity index (χ0v) is 11.8. The number of aromatic nitrogens is 1. The minimum atomic E-state index is 0.0392. The van der Waals surface area contributed by atoms with Crippen molar-refractivity contribution in [1.82, 2.24) is 9.88 Å². The minimum Gasteiger partial charge on any atom is -0.326 e. The highest BCUT2D eigenvalue weighted by atomic mass is 32.1. The van der Waals surface area contributed by atoms with Crippen molar-refractivity contribution < 1.29 is 0 Å². The summed E-state index contributed by atoms with van der Waals surface area (Å²) >= 11 is 1.69. The first kappa shape index (κ1) is 13.6. The fourth-order valence-corrected chi connectivity index (χ4v) is 2.48. The average molecular weight is 241 g/mol. The highest BCUT2D eigenvalue weighted by molar-refractivity contribution is 7.09. The summed E-state index contributed by atoms with van der Waals surface area (Å²) < 4.78 is 0. The standard InChI is InChI=1S/C12H23N3S/c1-6-12(3,15(4)5)11(13)7-10-8-16-9(2)14-10/h8,11H,6-7,13H2,1-5H3. The molecule has 0 saturated carbocycles. The van der Waals surface area contributed by atoms with Gasteiger partial charge in [-0.25, -0.2) is 4.98 Å². The van der Waals surface area contributed by atoms with Crippen molar-refractivity contribution in [3.8, 4) is 0 Å². The molecule has 0 bridgehead atoms. The third kappa shape index (κ3) is 2.81. The van der Waals surface area contributed by atoms with Crippen molar-refractivity contribution in [3.63, 3.8) is 0 Å². The quantitative estimate of drug-likeness (QED) is 0.858. The Morgan fingerprint density at radius 1 is 1.56 bits per heavy atom. The summed E-state index contributed by atoms with van der Waals surface area (Å²) in [5, 5.41) is 3.23. The highest BCUT2D eigenvalue weighted by Gasteiger charge is 2.32. The topological polar surface area (TPSA) is 42.1 Å². The van der Waals surface area contributed by atoms with Gasteiger partial charge in [0.2, 0.25) is 0 Å². The lowest BCUT2D eigenvalue weighted by Crippen LogP contribution is -2.55. The van der Waals surface area contributed by atoms with E-state index in [1.54, 1.807) is 11.3 Å². The van der Waals surface area contributed by atoms with E-state index in [-0.39, 0.29) is 11.6 Å². The fourth-order valence-electron chi connectivity index (χ4n) is 1.86. The van der Waals surface area contributed by atoms with E-state index in [1.807, 2.05) is 6.92 Å². The first-order valence-electron chi connectivity index (χ1n) is 5.74. The van der Waals surface area contributed by atoms with Crippen molar-refractivity contribution in [1.29, 1.82) is 0 Å². The Hall–Kier alpha value is -0.450. The van der Waals surface area contributed by atoms with Crippen LogP contribution in [0.1, 0.15) is 31.0 Å². The number of aryl methyl sites for hydroxylation is 1. The van der Waals surface area contributed by atoms with Gasteiger partial charge in [-0.05, 0) is 34.4 Å². The van der Waals surface area contributed by atoms with Crippen LogP contribution in [-0.2, 0) is 6.42 Å². The van der Waals surface area contributed by atoms with Crippen LogP contribution >= 0.6 is 11.3 Å². The third-order valence-corrected chi connectivity index (χ3v) is 4.45. The first-order valence-corrected chi connectivity index (χ1v) is 6.62. The molecule has 0 aliphatic rings. The fraction of sp³-hybridized carbons (Fsp3) is 0.750. The Labute approximate surface area is 103 Å². The molecule has 0 aliphatic heterocycles. The van der Waals surface area contributed by atoms with Gasteiger partial charge < -0.3 is 10.6 Å². The molecule has 4 heteroatoms. The number of thiazole rings is 1. The van der Waals surface area contributed by atoms with E-state index in [0.29, 0.717) is 0 Å². The van der Waals surface area contributed by atoms with Crippen LogP contribution in [-0.4, -0.2) is 35.6 Å². The lowest BCUT2D eigenvalue weighted by atomic mass is 9.86. The van der Waals surface area contributed by atoms with Crippen LogP contribution in [0.2, 0.25) is 0 Å². The van der Waals surface area contributed by atoms with Crippen molar-refractivity contribution >= 4 is 11.3 Å². The van der Waals surface area contributed by atoms with Gasteiger partial charge in [0.15, 0.2) is 0 Å². The molecule has 16 heavy (non-hydrogen) atoms. The predicted molar refractivity (Wildman–Crippen MR) is 70.9 cm³/mol. The molecule has 0 aliphatic carbocycles. The molecule has 1 aromatic rings. The average Bonchev–Trinajstić information content (AvgIpc) is 2.62. The summed E-state index contributed by atoms with van der Waals surface area (Å²) in [4.78, 5) is 6.70. The van der Waals surface area contributed by atoms with E-state index in [1.165, 1.54) is 0 Å². The Morgan fingerprint density at radius 3 is 2.56 bits per heavy atom. The zero-order chi connectivity index (χ0) is 12.3. The molecule has 0 amide bonds. The van der Waals surface area contributed by atoms with Crippen LogP contribution < -0.4 is 5.73 Å². The van der Waals surface area contributed by atoms with Gasteiger partial charge >= 0.3 is 0 Å². The maximum Gasteiger partial charge on any atom is 0.0897 e. The van der Waals surface area contributed by atoms with Crippen LogP contribution in [0.5, 0.6) is 0 Å². The molecular weight excluding hydrogens is 218 g/mol. The van der Waals surface area contributed by atoms with Crippen LogP contribution in [0, 0.1) is 6.92 Å². The molecule has 1 rings (SSSR count). The third-order valence-electron chi connectivity index (χ3n) is 3.63. The molecule has 0 spiro atoms. The summed E-state index contributed by atoms with van der Waals surface area (Å²) in [7, 11) is 4.19. The normalized spacial score (nSPS) is 17.4. The number of likely N-dealkylation sites (N-methyl/N-ethyl adjacent to an activating group) is 1. The molecule has 0 saturated heterocycles. The first-order chi connectivity index (χ1) is 7.40. The maximum atomic E-state index is 6.33. The molecule has 1 aromatic heterocycles. The minimum absolute atomic E-state index is 0.0392. The molecule has 3 nitrogen and oxygen atoms in total. The van der Waals surface area contributed by atoms with Crippen molar-refractivity contribution in [2.75, 3.05) is 14.1 Å². The molecule has 92 valence electrons. The molecular formula is C12H23N3S.